The van der Waals surface area contributed by atoms with Crippen LogP contribution in [0.3, 0.4) is 0 Å². The molecule has 1 saturated heterocycles. The molecule has 2 rings (SSSR count). The lowest BCUT2D eigenvalue weighted by Gasteiger charge is -2.26. The van der Waals surface area contributed by atoms with E-state index in [2.05, 4.69) is 15.6 Å². The van der Waals surface area contributed by atoms with E-state index < -0.39 is 0 Å². The molecule has 1 heterocycles. The number of nitrogens with zero attached hydrogens (tertiary/aromatic N) is 2. The highest BCUT2D eigenvalue weighted by Crippen LogP contribution is 2.19. The summed E-state index contributed by atoms with van der Waals surface area (Å²) in [4.78, 5) is 19.7. The maximum absolute atomic E-state index is 12.2. The van der Waals surface area contributed by atoms with E-state index in [1.165, 1.54) is 11.3 Å². The molecule has 146 valence electrons. The molecule has 1 aliphatic heterocycles. The number of likely N-dealkylation sites (tertiary alicyclic amines) is 1. The minimum atomic E-state index is 0. The number of hydrogen-bond acceptors (Lipinski definition) is 3. The number of nitrogens with one attached hydrogen (secondary N) is 2. The molecule has 5 nitrogen and oxygen atoms in total. The van der Waals surface area contributed by atoms with Crippen LogP contribution in [0.5, 0.6) is 0 Å². The van der Waals surface area contributed by atoms with Crippen molar-refractivity contribution in [3.05, 3.63) is 29.3 Å². The zero-order valence-corrected chi connectivity index (χ0v) is 19.1. The summed E-state index contributed by atoms with van der Waals surface area (Å²) in [6.45, 7) is 5.52. The topological polar surface area (TPSA) is 56.7 Å². The van der Waals surface area contributed by atoms with E-state index in [0.717, 1.165) is 49.8 Å². The average Bonchev–Trinajstić information content (AvgIpc) is 2.65. The molecule has 0 aromatic heterocycles. The Bertz CT molecular complexity index is 565. The van der Waals surface area contributed by atoms with Gasteiger partial charge in [-0.15, -0.1) is 35.7 Å². The van der Waals surface area contributed by atoms with E-state index in [0.29, 0.717) is 5.96 Å². The van der Waals surface area contributed by atoms with Crippen LogP contribution in [0.1, 0.15) is 26.2 Å². The average molecular weight is 511 g/mol. The first-order chi connectivity index (χ1) is 12.2. The van der Waals surface area contributed by atoms with Gasteiger partial charge in [0.05, 0.1) is 0 Å². The monoisotopic (exact) mass is 510 g/mol. The number of piperidine rings is 1. The third-order valence-electron chi connectivity index (χ3n) is 3.90. The van der Waals surface area contributed by atoms with Crippen molar-refractivity contribution in [3.63, 3.8) is 0 Å². The molecule has 2 N–H and O–H groups in total. The van der Waals surface area contributed by atoms with Crippen molar-refractivity contribution in [1.82, 2.24) is 15.5 Å². The number of rotatable bonds is 7. The maximum atomic E-state index is 12.2. The van der Waals surface area contributed by atoms with Crippen molar-refractivity contribution in [1.29, 1.82) is 0 Å². The van der Waals surface area contributed by atoms with Crippen LogP contribution in [-0.4, -0.2) is 55.2 Å². The lowest BCUT2D eigenvalue weighted by atomic mass is 10.1. The van der Waals surface area contributed by atoms with Gasteiger partial charge in [0.25, 0.3) is 0 Å². The molecule has 8 heteroatoms. The molecule has 1 amide bonds. The summed E-state index contributed by atoms with van der Waals surface area (Å²) in [5.74, 6) is 1.73. The van der Waals surface area contributed by atoms with Gasteiger partial charge in [-0.3, -0.25) is 4.79 Å². The normalized spacial score (nSPS) is 14.5. The molecule has 1 aromatic rings. The van der Waals surface area contributed by atoms with Gasteiger partial charge in [-0.2, -0.15) is 0 Å². The number of benzene rings is 1. The van der Waals surface area contributed by atoms with Crippen molar-refractivity contribution >= 4 is 59.2 Å². The van der Waals surface area contributed by atoms with Crippen LogP contribution in [0.25, 0.3) is 0 Å². The van der Waals surface area contributed by atoms with E-state index in [1.54, 1.807) is 11.8 Å². The minimum Gasteiger partial charge on any atom is -0.357 e. The lowest BCUT2D eigenvalue weighted by molar-refractivity contribution is -0.130. The number of carbonyl (C=O) groups is 1. The van der Waals surface area contributed by atoms with Crippen molar-refractivity contribution in [2.45, 2.75) is 31.1 Å². The highest BCUT2D eigenvalue weighted by Gasteiger charge is 2.15. The van der Waals surface area contributed by atoms with Crippen molar-refractivity contribution in [2.24, 2.45) is 4.99 Å². The second kappa shape index (κ2) is 13.5. The largest absolute Gasteiger partial charge is 0.357 e. The molecular weight excluding hydrogens is 483 g/mol. The third kappa shape index (κ3) is 8.81. The van der Waals surface area contributed by atoms with Gasteiger partial charge in [-0.1, -0.05) is 11.6 Å². The fourth-order valence-corrected chi connectivity index (χ4v) is 3.50. The van der Waals surface area contributed by atoms with Crippen molar-refractivity contribution in [2.75, 3.05) is 38.5 Å². The fraction of sp³-hybridized carbons (Fsp3) is 0.556. The molecule has 0 saturated carbocycles. The van der Waals surface area contributed by atoms with Gasteiger partial charge in [0.2, 0.25) is 5.91 Å². The molecule has 0 atom stereocenters. The number of hydrogen-bond donors (Lipinski definition) is 2. The fourth-order valence-electron chi connectivity index (χ4n) is 2.60. The van der Waals surface area contributed by atoms with E-state index in [1.807, 2.05) is 36.1 Å². The Kier molecular flexibility index (Phi) is 12.1. The highest BCUT2D eigenvalue weighted by molar-refractivity contribution is 14.0. The molecule has 1 aliphatic rings. The van der Waals surface area contributed by atoms with Gasteiger partial charge in [-0.25, -0.2) is 4.99 Å². The van der Waals surface area contributed by atoms with Gasteiger partial charge < -0.3 is 15.5 Å². The molecule has 26 heavy (non-hydrogen) atoms. The van der Waals surface area contributed by atoms with Crippen LogP contribution in [0.2, 0.25) is 5.02 Å². The summed E-state index contributed by atoms with van der Waals surface area (Å²) >= 11 is 7.65. The minimum absolute atomic E-state index is 0. The summed E-state index contributed by atoms with van der Waals surface area (Å²) < 4.78 is 0. The lowest BCUT2D eigenvalue weighted by Crippen LogP contribution is -2.41. The quantitative estimate of drug-likeness (QED) is 0.193. The Morgan fingerprint density at radius 2 is 1.88 bits per heavy atom. The van der Waals surface area contributed by atoms with Crippen LogP contribution in [-0.2, 0) is 4.79 Å². The van der Waals surface area contributed by atoms with E-state index >= 15 is 0 Å². The molecule has 0 bridgehead atoms. The smallest absolute Gasteiger partial charge is 0.244 e. The number of aliphatic imine (C=N–C) groups is 1. The van der Waals surface area contributed by atoms with Gasteiger partial charge >= 0.3 is 0 Å². The highest BCUT2D eigenvalue weighted by atomic mass is 127. The summed E-state index contributed by atoms with van der Waals surface area (Å²) in [6.07, 6.45) is 3.44. The van der Waals surface area contributed by atoms with Crippen molar-refractivity contribution < 1.29 is 4.79 Å². The van der Waals surface area contributed by atoms with Crippen LogP contribution in [0.4, 0.5) is 0 Å². The predicted octanol–water partition coefficient (Wildman–Crippen LogP) is 3.62. The van der Waals surface area contributed by atoms with Gasteiger partial charge in [0, 0.05) is 41.8 Å². The van der Waals surface area contributed by atoms with Crippen LogP contribution in [0, 0.1) is 0 Å². The number of thioether (sulfide) groups is 1. The molecule has 1 aromatic carbocycles. The Morgan fingerprint density at radius 1 is 1.19 bits per heavy atom. The Labute approximate surface area is 182 Å². The van der Waals surface area contributed by atoms with Crippen LogP contribution >= 0.6 is 47.3 Å². The number of carbonyl (C=O) groups excluding carboxylic acids is 1. The molecular formula is C18H28ClIN4OS. The van der Waals surface area contributed by atoms with Gasteiger partial charge in [0.15, 0.2) is 5.96 Å². The first kappa shape index (κ1) is 23.4. The second-order valence-corrected chi connectivity index (χ2v) is 7.47. The first-order valence-electron chi connectivity index (χ1n) is 8.87. The van der Waals surface area contributed by atoms with E-state index in [9.17, 15) is 4.79 Å². The van der Waals surface area contributed by atoms with Crippen LogP contribution in [0.15, 0.2) is 34.2 Å². The second-order valence-electron chi connectivity index (χ2n) is 5.87. The van der Waals surface area contributed by atoms with Gasteiger partial charge in [-0.05, 0) is 50.5 Å². The van der Waals surface area contributed by atoms with Gasteiger partial charge in [0.1, 0.15) is 6.54 Å². The zero-order valence-electron chi connectivity index (χ0n) is 15.2. The third-order valence-corrected chi connectivity index (χ3v) is 5.17. The number of guanidine groups is 1. The Morgan fingerprint density at radius 3 is 2.54 bits per heavy atom. The predicted molar refractivity (Wildman–Crippen MR) is 122 cm³/mol. The summed E-state index contributed by atoms with van der Waals surface area (Å²) in [5.41, 5.74) is 0. The number of amides is 1. The molecule has 0 radical (unpaired) electrons. The standard InChI is InChI=1S/C18H27ClN4OS.HI/c1-2-20-18(22-14-17(24)23-11-4-3-5-12-23)21-10-13-25-16-8-6-15(19)7-9-16;/h6-9H,2-5,10-14H2,1H3,(H2,20,21,22);1H. The maximum Gasteiger partial charge on any atom is 0.244 e. The summed E-state index contributed by atoms with van der Waals surface area (Å²) in [5, 5.41) is 7.22. The van der Waals surface area contributed by atoms with Crippen molar-refractivity contribution in [3.8, 4) is 0 Å². The number of halogens is 2. The molecule has 0 unspecified atom stereocenters. The molecule has 0 spiro atoms. The van der Waals surface area contributed by atoms with Crippen LogP contribution < -0.4 is 10.6 Å². The molecule has 1 fully saturated rings. The molecule has 0 aliphatic carbocycles. The van der Waals surface area contributed by atoms with E-state index in [4.69, 9.17) is 11.6 Å². The van der Waals surface area contributed by atoms with E-state index in [-0.39, 0.29) is 36.4 Å². The Hall–Kier alpha value is -0.670. The zero-order chi connectivity index (χ0) is 17.9. The Balaban J connectivity index is 0.00000338. The SMILES string of the molecule is CCNC(=NCC(=O)N1CCCCC1)NCCSc1ccc(Cl)cc1.I. The summed E-state index contributed by atoms with van der Waals surface area (Å²) in [7, 11) is 0. The summed E-state index contributed by atoms with van der Waals surface area (Å²) in [6, 6.07) is 7.83. The first-order valence-corrected chi connectivity index (χ1v) is 10.2.